The number of para-hydroxylation sites is 1. The molecular formula is C16H24N2O4S. The standard InChI is InChI=1S/C16H24N2O4S/c1-13(22-15-9-4-3-5-10-15)16(19)18-11-7-6-8-14(18)12-17-23(2,20)21/h3-5,9-10,13-14,17H,6-8,11-12H2,1-2H3/t13-,14-/m1/s1. The lowest BCUT2D eigenvalue weighted by Gasteiger charge is -2.37. The molecule has 1 fully saturated rings. The lowest BCUT2D eigenvalue weighted by atomic mass is 10.0. The molecule has 1 aromatic carbocycles. The average Bonchev–Trinajstić information content (AvgIpc) is 2.53. The van der Waals surface area contributed by atoms with E-state index in [0.29, 0.717) is 12.3 Å². The average molecular weight is 340 g/mol. The van der Waals surface area contributed by atoms with Crippen LogP contribution in [0.25, 0.3) is 0 Å². The Hall–Kier alpha value is -1.60. The van der Waals surface area contributed by atoms with Crippen LogP contribution in [0.15, 0.2) is 30.3 Å². The maximum atomic E-state index is 12.7. The van der Waals surface area contributed by atoms with Gasteiger partial charge in [0, 0.05) is 19.1 Å². The normalized spacial score (nSPS) is 20.1. The Bertz CT molecular complexity index is 618. The lowest BCUT2D eigenvalue weighted by Crippen LogP contribution is -2.52. The highest BCUT2D eigenvalue weighted by atomic mass is 32.2. The second kappa shape index (κ2) is 7.79. The van der Waals surface area contributed by atoms with Gasteiger partial charge in [0.25, 0.3) is 5.91 Å². The Morgan fingerprint density at radius 1 is 1.35 bits per heavy atom. The fraction of sp³-hybridized carbons (Fsp3) is 0.562. The number of hydrogen-bond acceptors (Lipinski definition) is 4. The van der Waals surface area contributed by atoms with E-state index in [1.165, 1.54) is 0 Å². The van der Waals surface area contributed by atoms with Gasteiger partial charge in [-0.3, -0.25) is 4.79 Å². The minimum absolute atomic E-state index is 0.103. The number of benzene rings is 1. The molecule has 2 atom stereocenters. The molecule has 0 aliphatic carbocycles. The second-order valence-electron chi connectivity index (χ2n) is 5.87. The number of nitrogens with one attached hydrogen (secondary N) is 1. The van der Waals surface area contributed by atoms with Gasteiger partial charge in [-0.1, -0.05) is 18.2 Å². The molecule has 0 radical (unpaired) electrons. The van der Waals surface area contributed by atoms with Crippen LogP contribution in [0.2, 0.25) is 0 Å². The third-order valence-electron chi connectivity index (χ3n) is 3.90. The van der Waals surface area contributed by atoms with E-state index in [0.717, 1.165) is 25.5 Å². The van der Waals surface area contributed by atoms with E-state index < -0.39 is 16.1 Å². The first-order valence-electron chi connectivity index (χ1n) is 7.83. The van der Waals surface area contributed by atoms with Crippen LogP contribution in [0, 0.1) is 0 Å². The molecule has 2 rings (SSSR count). The van der Waals surface area contributed by atoms with Gasteiger partial charge in [-0.25, -0.2) is 13.1 Å². The molecule has 23 heavy (non-hydrogen) atoms. The molecule has 0 spiro atoms. The SMILES string of the molecule is C[C@@H](Oc1ccccc1)C(=O)N1CCCC[C@@H]1CNS(C)(=O)=O. The molecule has 1 N–H and O–H groups in total. The van der Waals surface area contributed by atoms with Crippen LogP contribution < -0.4 is 9.46 Å². The number of carbonyl (C=O) groups is 1. The molecule has 1 heterocycles. The fourth-order valence-electron chi connectivity index (χ4n) is 2.74. The van der Waals surface area contributed by atoms with Gasteiger partial charge in [-0.05, 0) is 38.3 Å². The van der Waals surface area contributed by atoms with Crippen LogP contribution in [-0.2, 0) is 14.8 Å². The number of sulfonamides is 1. The zero-order valence-corrected chi connectivity index (χ0v) is 14.4. The van der Waals surface area contributed by atoms with Crippen LogP contribution in [0.1, 0.15) is 26.2 Å². The van der Waals surface area contributed by atoms with E-state index in [4.69, 9.17) is 4.74 Å². The third-order valence-corrected chi connectivity index (χ3v) is 4.59. The van der Waals surface area contributed by atoms with Crippen molar-refractivity contribution >= 4 is 15.9 Å². The van der Waals surface area contributed by atoms with Gasteiger partial charge in [-0.15, -0.1) is 0 Å². The van der Waals surface area contributed by atoms with Gasteiger partial charge in [0.15, 0.2) is 6.10 Å². The Labute approximate surface area is 137 Å². The quantitative estimate of drug-likeness (QED) is 0.849. The largest absolute Gasteiger partial charge is 0.481 e. The summed E-state index contributed by atoms with van der Waals surface area (Å²) in [7, 11) is -3.26. The Kier molecular flexibility index (Phi) is 6.01. The monoisotopic (exact) mass is 340 g/mol. The molecule has 1 aliphatic heterocycles. The van der Waals surface area contributed by atoms with Crippen LogP contribution in [0.4, 0.5) is 0 Å². The Balaban J connectivity index is 1.99. The van der Waals surface area contributed by atoms with Crippen molar-refractivity contribution in [2.24, 2.45) is 0 Å². The van der Waals surface area contributed by atoms with Crippen molar-refractivity contribution in [3.63, 3.8) is 0 Å². The van der Waals surface area contributed by atoms with E-state index >= 15 is 0 Å². The van der Waals surface area contributed by atoms with Crippen molar-refractivity contribution in [2.75, 3.05) is 19.3 Å². The number of carbonyl (C=O) groups excluding carboxylic acids is 1. The molecule has 0 bridgehead atoms. The summed E-state index contributed by atoms with van der Waals surface area (Å²) in [6.07, 6.45) is 3.25. The number of ether oxygens (including phenoxy) is 1. The first-order chi connectivity index (χ1) is 10.9. The van der Waals surface area contributed by atoms with Crippen molar-refractivity contribution in [3.8, 4) is 5.75 Å². The number of rotatable bonds is 6. The van der Waals surface area contributed by atoms with E-state index in [9.17, 15) is 13.2 Å². The van der Waals surface area contributed by atoms with Crippen molar-refractivity contribution in [1.82, 2.24) is 9.62 Å². The first kappa shape index (κ1) is 17.7. The summed E-state index contributed by atoms with van der Waals surface area (Å²) >= 11 is 0. The summed E-state index contributed by atoms with van der Waals surface area (Å²) in [6.45, 7) is 2.62. The number of nitrogens with zero attached hydrogens (tertiary/aromatic N) is 1. The van der Waals surface area contributed by atoms with Crippen molar-refractivity contribution in [2.45, 2.75) is 38.3 Å². The molecule has 1 amide bonds. The molecule has 1 aliphatic rings. The molecular weight excluding hydrogens is 316 g/mol. The van der Waals surface area contributed by atoms with Gasteiger partial charge >= 0.3 is 0 Å². The molecule has 1 aromatic rings. The maximum absolute atomic E-state index is 12.7. The topological polar surface area (TPSA) is 75.7 Å². The summed E-state index contributed by atoms with van der Waals surface area (Å²) in [5.41, 5.74) is 0. The minimum atomic E-state index is -3.26. The zero-order chi connectivity index (χ0) is 16.9. The molecule has 6 nitrogen and oxygen atoms in total. The van der Waals surface area contributed by atoms with Gasteiger partial charge in [0.2, 0.25) is 10.0 Å². The first-order valence-corrected chi connectivity index (χ1v) is 9.73. The Morgan fingerprint density at radius 2 is 2.04 bits per heavy atom. The molecule has 128 valence electrons. The summed E-state index contributed by atoms with van der Waals surface area (Å²) in [5, 5.41) is 0. The third kappa shape index (κ3) is 5.51. The van der Waals surface area contributed by atoms with Crippen LogP contribution in [0.3, 0.4) is 0 Å². The highest BCUT2D eigenvalue weighted by Gasteiger charge is 2.30. The predicted octanol–water partition coefficient (Wildman–Crippen LogP) is 1.38. The van der Waals surface area contributed by atoms with Gasteiger partial charge < -0.3 is 9.64 Å². The number of likely N-dealkylation sites (tertiary alicyclic amines) is 1. The van der Waals surface area contributed by atoms with Crippen LogP contribution in [0.5, 0.6) is 5.75 Å². The zero-order valence-electron chi connectivity index (χ0n) is 13.6. The minimum Gasteiger partial charge on any atom is -0.481 e. The Morgan fingerprint density at radius 3 is 2.70 bits per heavy atom. The smallest absolute Gasteiger partial charge is 0.263 e. The van der Waals surface area contributed by atoms with Crippen LogP contribution in [-0.4, -0.2) is 50.7 Å². The predicted molar refractivity (Wildman–Crippen MR) is 88.7 cm³/mol. The fourth-order valence-corrected chi connectivity index (χ4v) is 3.23. The summed E-state index contributed by atoms with van der Waals surface area (Å²) in [5.74, 6) is 0.546. The molecule has 1 saturated heterocycles. The highest BCUT2D eigenvalue weighted by molar-refractivity contribution is 7.88. The maximum Gasteiger partial charge on any atom is 0.263 e. The van der Waals surface area contributed by atoms with Crippen molar-refractivity contribution in [3.05, 3.63) is 30.3 Å². The molecule has 7 heteroatoms. The number of piperidine rings is 1. The molecule has 0 saturated carbocycles. The number of amides is 1. The molecule has 0 unspecified atom stereocenters. The highest BCUT2D eigenvalue weighted by Crippen LogP contribution is 2.19. The van der Waals surface area contributed by atoms with Crippen molar-refractivity contribution < 1.29 is 17.9 Å². The van der Waals surface area contributed by atoms with Crippen LogP contribution >= 0.6 is 0 Å². The second-order valence-corrected chi connectivity index (χ2v) is 7.71. The molecule has 0 aromatic heterocycles. The van der Waals surface area contributed by atoms with E-state index in [1.54, 1.807) is 11.8 Å². The van der Waals surface area contributed by atoms with Gasteiger partial charge in [0.05, 0.1) is 6.26 Å². The van der Waals surface area contributed by atoms with E-state index in [2.05, 4.69) is 4.72 Å². The van der Waals surface area contributed by atoms with Gasteiger partial charge in [0.1, 0.15) is 5.75 Å². The summed E-state index contributed by atoms with van der Waals surface area (Å²) in [6, 6.07) is 9.09. The van der Waals surface area contributed by atoms with E-state index in [-0.39, 0.29) is 18.5 Å². The van der Waals surface area contributed by atoms with Crippen molar-refractivity contribution in [1.29, 1.82) is 0 Å². The summed E-state index contributed by atoms with van der Waals surface area (Å²) in [4.78, 5) is 14.4. The summed E-state index contributed by atoms with van der Waals surface area (Å²) < 4.78 is 30.8. The van der Waals surface area contributed by atoms with Gasteiger partial charge in [-0.2, -0.15) is 0 Å². The van der Waals surface area contributed by atoms with E-state index in [1.807, 2.05) is 30.3 Å². The lowest BCUT2D eigenvalue weighted by molar-refractivity contribution is -0.141. The number of hydrogen-bond donors (Lipinski definition) is 1.